The van der Waals surface area contributed by atoms with Crippen LogP contribution in [0.15, 0.2) is 0 Å². The molecule has 0 aromatic rings. The maximum absolute atomic E-state index is 10.3. The average Bonchev–Trinajstić information content (AvgIpc) is 3.16. The van der Waals surface area contributed by atoms with Gasteiger partial charge in [0.15, 0.2) is 5.79 Å². The van der Waals surface area contributed by atoms with Crippen LogP contribution in [0, 0.1) is 52.3 Å². The predicted octanol–water partition coefficient (Wildman–Crippen LogP) is 5.79. The van der Waals surface area contributed by atoms with Crippen molar-refractivity contribution in [1.29, 1.82) is 0 Å². The molecule has 0 radical (unpaired) electrons. The summed E-state index contributed by atoms with van der Waals surface area (Å²) in [5.74, 6) is 4.93. The highest BCUT2D eigenvalue weighted by atomic mass is 16.7. The van der Waals surface area contributed by atoms with Crippen LogP contribution in [0.25, 0.3) is 0 Å². The Morgan fingerprint density at radius 3 is 2.40 bits per heavy atom. The summed E-state index contributed by atoms with van der Waals surface area (Å²) >= 11 is 0. The van der Waals surface area contributed by atoms with Gasteiger partial charge in [0.05, 0.1) is 18.8 Å². The van der Waals surface area contributed by atoms with Crippen LogP contribution in [0.1, 0.15) is 91.9 Å². The summed E-state index contributed by atoms with van der Waals surface area (Å²) in [6, 6.07) is 0. The first-order valence-electron chi connectivity index (χ1n) is 13.3. The van der Waals surface area contributed by atoms with Crippen LogP contribution in [-0.4, -0.2) is 29.7 Å². The Bertz CT molecular complexity index is 684. The second-order valence-electron chi connectivity index (χ2n) is 13.1. The number of rotatable bonds is 0. The Kier molecular flexibility index (Phi) is 4.58. The fraction of sp³-hybridized carbons (Fsp3) is 1.00. The molecule has 0 bridgehead atoms. The molecule has 0 aromatic carbocycles. The summed E-state index contributed by atoms with van der Waals surface area (Å²) in [5.41, 5.74) is 0.899. The first kappa shape index (κ1) is 20.5. The van der Waals surface area contributed by atoms with Crippen LogP contribution >= 0.6 is 0 Å². The molecular weight excluding hydrogens is 372 g/mol. The summed E-state index contributed by atoms with van der Waals surface area (Å²) in [5, 5.41) is 10.3. The normalized spacial score (nSPS) is 62.5. The van der Waals surface area contributed by atoms with Crippen molar-refractivity contribution in [2.75, 3.05) is 6.61 Å². The third kappa shape index (κ3) is 2.61. The molecule has 0 amide bonds. The van der Waals surface area contributed by atoms with E-state index in [1.807, 2.05) is 0 Å². The SMILES string of the molecule is C[C@@H]1CC[C@@]2(OC1)O[C@H]1C[C@H]3[C@@H]4CC[C@@H]5C[C@@H](O)CC[C@]5(C)[C@H]4CC[C@]3(C)[C@H]1[C@H]2C. The van der Waals surface area contributed by atoms with Crippen LogP contribution in [0.3, 0.4) is 0 Å². The van der Waals surface area contributed by atoms with Crippen LogP contribution in [0.2, 0.25) is 0 Å². The molecule has 3 nitrogen and oxygen atoms in total. The molecule has 12 atom stereocenters. The number of hydrogen-bond donors (Lipinski definition) is 1. The van der Waals surface area contributed by atoms with Crippen LogP contribution in [-0.2, 0) is 9.47 Å². The van der Waals surface area contributed by atoms with Crippen LogP contribution in [0.4, 0.5) is 0 Å². The van der Waals surface area contributed by atoms with Crippen molar-refractivity contribution < 1.29 is 14.6 Å². The van der Waals surface area contributed by atoms with Crippen molar-refractivity contribution >= 4 is 0 Å². The molecule has 3 heteroatoms. The Labute approximate surface area is 183 Å². The van der Waals surface area contributed by atoms with Gasteiger partial charge in [-0.05, 0) is 104 Å². The van der Waals surface area contributed by atoms with Gasteiger partial charge in [-0.1, -0.05) is 27.7 Å². The lowest BCUT2D eigenvalue weighted by Gasteiger charge is -2.61. The molecule has 6 fully saturated rings. The third-order valence-electron chi connectivity index (χ3n) is 11.9. The molecule has 0 aromatic heterocycles. The van der Waals surface area contributed by atoms with E-state index in [1.54, 1.807) is 0 Å². The highest BCUT2D eigenvalue weighted by Crippen LogP contribution is 2.71. The van der Waals surface area contributed by atoms with Gasteiger partial charge in [0.2, 0.25) is 0 Å². The smallest absolute Gasteiger partial charge is 0.171 e. The topological polar surface area (TPSA) is 38.7 Å². The van der Waals surface area contributed by atoms with Crippen molar-refractivity contribution in [3.8, 4) is 0 Å². The number of aliphatic hydroxyl groups is 1. The van der Waals surface area contributed by atoms with Crippen molar-refractivity contribution in [2.45, 2.75) is 110 Å². The number of aliphatic hydroxyl groups excluding tert-OH is 1. The molecule has 2 saturated heterocycles. The molecule has 0 unspecified atom stereocenters. The van der Waals surface area contributed by atoms with Crippen molar-refractivity contribution in [3.63, 3.8) is 0 Å². The van der Waals surface area contributed by atoms with E-state index < -0.39 is 0 Å². The average molecular weight is 417 g/mol. The molecule has 4 saturated carbocycles. The highest BCUT2D eigenvalue weighted by molar-refractivity contribution is 5.15. The lowest BCUT2D eigenvalue weighted by molar-refractivity contribution is -0.273. The zero-order valence-corrected chi connectivity index (χ0v) is 19.7. The first-order valence-corrected chi connectivity index (χ1v) is 13.3. The Morgan fingerprint density at radius 1 is 0.833 bits per heavy atom. The second-order valence-corrected chi connectivity index (χ2v) is 13.1. The van der Waals surface area contributed by atoms with Gasteiger partial charge in [0.25, 0.3) is 0 Å². The van der Waals surface area contributed by atoms with Gasteiger partial charge >= 0.3 is 0 Å². The summed E-state index contributed by atoms with van der Waals surface area (Å²) in [6.45, 7) is 10.9. The molecule has 1 spiro atoms. The Hall–Kier alpha value is -0.120. The van der Waals surface area contributed by atoms with Crippen molar-refractivity contribution in [2.24, 2.45) is 52.3 Å². The second kappa shape index (κ2) is 6.70. The van der Waals surface area contributed by atoms with E-state index >= 15 is 0 Å². The van der Waals surface area contributed by atoms with Crippen LogP contribution in [0.5, 0.6) is 0 Å². The molecular formula is C27H44O3. The van der Waals surface area contributed by atoms with Gasteiger partial charge in [0.1, 0.15) is 0 Å². The maximum atomic E-state index is 10.3. The Balaban J connectivity index is 1.26. The van der Waals surface area contributed by atoms with Gasteiger partial charge in [-0.3, -0.25) is 0 Å². The molecule has 30 heavy (non-hydrogen) atoms. The van der Waals surface area contributed by atoms with E-state index in [9.17, 15) is 5.11 Å². The minimum atomic E-state index is -0.282. The van der Waals surface area contributed by atoms with Gasteiger partial charge in [-0.15, -0.1) is 0 Å². The highest BCUT2D eigenvalue weighted by Gasteiger charge is 2.69. The maximum Gasteiger partial charge on any atom is 0.171 e. The molecule has 170 valence electrons. The summed E-state index contributed by atoms with van der Waals surface area (Å²) < 4.78 is 13.4. The number of ether oxygens (including phenoxy) is 2. The van der Waals surface area contributed by atoms with E-state index in [-0.39, 0.29) is 11.9 Å². The molecule has 2 aliphatic heterocycles. The minimum absolute atomic E-state index is 0.0389. The monoisotopic (exact) mass is 416 g/mol. The van der Waals surface area contributed by atoms with E-state index in [0.29, 0.717) is 34.7 Å². The third-order valence-corrected chi connectivity index (χ3v) is 11.9. The van der Waals surface area contributed by atoms with E-state index in [4.69, 9.17) is 9.47 Å². The lowest BCUT2D eigenvalue weighted by Crippen LogP contribution is -2.55. The van der Waals surface area contributed by atoms with E-state index in [1.165, 1.54) is 44.9 Å². The van der Waals surface area contributed by atoms with Crippen molar-refractivity contribution in [1.82, 2.24) is 0 Å². The van der Waals surface area contributed by atoms with Gasteiger partial charge in [-0.25, -0.2) is 0 Å². The largest absolute Gasteiger partial charge is 0.393 e. The molecule has 2 heterocycles. The number of fused-ring (bicyclic) bond motifs is 7. The summed E-state index contributed by atoms with van der Waals surface area (Å²) in [6.07, 6.45) is 12.9. The zero-order chi connectivity index (χ0) is 20.9. The molecule has 4 aliphatic carbocycles. The van der Waals surface area contributed by atoms with E-state index in [0.717, 1.165) is 49.5 Å². The Morgan fingerprint density at radius 2 is 1.63 bits per heavy atom. The molecule has 6 aliphatic rings. The van der Waals surface area contributed by atoms with Gasteiger partial charge < -0.3 is 14.6 Å². The van der Waals surface area contributed by atoms with Gasteiger partial charge in [0, 0.05) is 12.3 Å². The van der Waals surface area contributed by atoms with Crippen LogP contribution < -0.4 is 0 Å². The molecule has 6 rings (SSSR count). The lowest BCUT2D eigenvalue weighted by atomic mass is 9.44. The zero-order valence-electron chi connectivity index (χ0n) is 19.7. The fourth-order valence-corrected chi connectivity index (χ4v) is 10.3. The standard InChI is InChI=1S/C27H44O3/c1-16-7-12-27(29-15-16)17(2)24-23(30-27)14-22-20-6-5-18-13-19(28)8-10-25(18,3)21(20)9-11-26(22,24)4/h16-24,28H,5-15H2,1-4H3/t16-,17-,18-,19+,20-,21+,22+,23+,24+,25+,26+,27-/m1/s1. The van der Waals surface area contributed by atoms with Crippen molar-refractivity contribution in [3.05, 3.63) is 0 Å². The quantitative estimate of drug-likeness (QED) is 0.543. The number of hydrogen-bond acceptors (Lipinski definition) is 3. The summed E-state index contributed by atoms with van der Waals surface area (Å²) in [4.78, 5) is 0. The predicted molar refractivity (Wildman–Crippen MR) is 118 cm³/mol. The fourth-order valence-electron chi connectivity index (χ4n) is 10.3. The van der Waals surface area contributed by atoms with Gasteiger partial charge in [-0.2, -0.15) is 0 Å². The first-order chi connectivity index (χ1) is 14.3. The minimum Gasteiger partial charge on any atom is -0.393 e. The summed E-state index contributed by atoms with van der Waals surface area (Å²) in [7, 11) is 0. The van der Waals surface area contributed by atoms with E-state index in [2.05, 4.69) is 27.7 Å². The molecule has 1 N–H and O–H groups in total.